The molecule has 0 atom stereocenters. The predicted molar refractivity (Wildman–Crippen MR) is 106 cm³/mol. The van der Waals surface area contributed by atoms with Crippen LogP contribution in [0.1, 0.15) is 28.7 Å². The van der Waals surface area contributed by atoms with Gasteiger partial charge < -0.3 is 9.15 Å². The Hall–Kier alpha value is -3.74. The Morgan fingerprint density at radius 3 is 2.72 bits per heavy atom. The fourth-order valence-electron chi connectivity index (χ4n) is 3.56. The first-order valence-corrected chi connectivity index (χ1v) is 9.18. The molecule has 146 valence electrons. The summed E-state index contributed by atoms with van der Waals surface area (Å²) in [5.41, 5.74) is 3.15. The van der Waals surface area contributed by atoms with E-state index in [2.05, 4.69) is 0 Å². The zero-order valence-corrected chi connectivity index (χ0v) is 15.4. The molecule has 4 rings (SSSR count). The molecule has 0 spiro atoms. The highest BCUT2D eigenvalue weighted by Crippen LogP contribution is 2.28. The van der Waals surface area contributed by atoms with Crippen molar-refractivity contribution in [3.63, 3.8) is 0 Å². The van der Waals surface area contributed by atoms with E-state index in [1.54, 1.807) is 18.2 Å². The number of aryl methyl sites for hydroxylation is 2. The Morgan fingerprint density at radius 2 is 1.93 bits per heavy atom. The molecule has 2 aromatic carbocycles. The summed E-state index contributed by atoms with van der Waals surface area (Å²) in [5, 5.41) is 11.8. The van der Waals surface area contributed by atoms with Gasteiger partial charge in [-0.05, 0) is 54.7 Å². The van der Waals surface area contributed by atoms with E-state index in [0.717, 1.165) is 30.7 Å². The van der Waals surface area contributed by atoms with E-state index >= 15 is 0 Å². The highest BCUT2D eigenvalue weighted by Gasteiger charge is 2.16. The summed E-state index contributed by atoms with van der Waals surface area (Å²) in [7, 11) is 0. The minimum absolute atomic E-state index is 0.0963. The predicted octanol–water partition coefficient (Wildman–Crippen LogP) is 3.95. The third-order valence-corrected chi connectivity index (χ3v) is 4.94. The standard InChI is InChI=1S/C22H17NO6/c24-21(9-8-14-4-1-2-7-19(14)23(26)27)28-13-17-12-22(25)29-20-11-16-6-3-5-15(16)10-18(17)20/h1-2,4,7-12H,3,5-6,13H2/b9-8+. The Bertz CT molecular complexity index is 1210. The lowest BCUT2D eigenvalue weighted by atomic mass is 10.0. The fourth-order valence-corrected chi connectivity index (χ4v) is 3.56. The number of hydrogen-bond acceptors (Lipinski definition) is 6. The normalized spacial score (nSPS) is 13.0. The molecule has 1 heterocycles. The van der Waals surface area contributed by atoms with Crippen molar-refractivity contribution in [3.8, 4) is 0 Å². The van der Waals surface area contributed by atoms with Gasteiger partial charge in [0.2, 0.25) is 0 Å². The number of rotatable bonds is 5. The summed E-state index contributed by atoms with van der Waals surface area (Å²) in [6.07, 6.45) is 5.47. The second-order valence-electron chi connectivity index (χ2n) is 6.82. The minimum Gasteiger partial charge on any atom is -0.458 e. The summed E-state index contributed by atoms with van der Waals surface area (Å²) in [4.78, 5) is 34.5. The first-order valence-electron chi connectivity index (χ1n) is 9.18. The third kappa shape index (κ3) is 3.94. The van der Waals surface area contributed by atoms with E-state index < -0.39 is 16.5 Å². The number of hydrogen-bond donors (Lipinski definition) is 0. The van der Waals surface area contributed by atoms with Crippen molar-refractivity contribution in [2.24, 2.45) is 0 Å². The molecule has 1 aliphatic rings. The lowest BCUT2D eigenvalue weighted by Crippen LogP contribution is -2.06. The molecule has 1 aromatic heterocycles. The Balaban J connectivity index is 1.53. The molecule has 0 saturated carbocycles. The van der Waals surface area contributed by atoms with Crippen molar-refractivity contribution in [2.75, 3.05) is 0 Å². The van der Waals surface area contributed by atoms with Gasteiger partial charge in [0.1, 0.15) is 12.2 Å². The maximum Gasteiger partial charge on any atom is 0.336 e. The molecule has 0 radical (unpaired) electrons. The van der Waals surface area contributed by atoms with Crippen LogP contribution in [-0.2, 0) is 29.0 Å². The van der Waals surface area contributed by atoms with Crippen LogP contribution in [-0.4, -0.2) is 10.9 Å². The van der Waals surface area contributed by atoms with E-state index in [1.165, 1.54) is 29.3 Å². The average molecular weight is 391 g/mol. The third-order valence-electron chi connectivity index (χ3n) is 4.94. The van der Waals surface area contributed by atoms with Gasteiger partial charge >= 0.3 is 11.6 Å². The maximum atomic E-state index is 12.1. The van der Waals surface area contributed by atoms with Gasteiger partial charge in [0, 0.05) is 29.2 Å². The Kier molecular flexibility index (Phi) is 4.95. The molecule has 1 aliphatic carbocycles. The number of benzene rings is 2. The van der Waals surface area contributed by atoms with Gasteiger partial charge in [0.15, 0.2) is 0 Å². The van der Waals surface area contributed by atoms with E-state index in [9.17, 15) is 19.7 Å². The molecule has 0 N–H and O–H groups in total. The molecule has 0 amide bonds. The quantitative estimate of drug-likeness (QED) is 0.215. The molecule has 0 bridgehead atoms. The Morgan fingerprint density at radius 1 is 1.17 bits per heavy atom. The lowest BCUT2D eigenvalue weighted by Gasteiger charge is -2.08. The number of nitro benzene ring substituents is 1. The van der Waals surface area contributed by atoms with Crippen LogP contribution >= 0.6 is 0 Å². The monoisotopic (exact) mass is 391 g/mol. The van der Waals surface area contributed by atoms with Crippen molar-refractivity contribution in [2.45, 2.75) is 25.9 Å². The number of para-hydroxylation sites is 1. The summed E-state index contributed by atoms with van der Waals surface area (Å²) in [6.45, 7) is -0.0963. The van der Waals surface area contributed by atoms with Gasteiger partial charge in [-0.2, -0.15) is 0 Å². The van der Waals surface area contributed by atoms with Gasteiger partial charge in [0.05, 0.1) is 10.5 Å². The number of fused-ring (bicyclic) bond motifs is 2. The molecule has 0 saturated heterocycles. The highest BCUT2D eigenvalue weighted by atomic mass is 16.6. The first kappa shape index (κ1) is 18.6. The summed E-state index contributed by atoms with van der Waals surface area (Å²) in [5.74, 6) is -0.661. The maximum absolute atomic E-state index is 12.1. The summed E-state index contributed by atoms with van der Waals surface area (Å²) < 4.78 is 10.6. The molecule has 3 aromatic rings. The van der Waals surface area contributed by atoms with Gasteiger partial charge in [0.25, 0.3) is 5.69 Å². The van der Waals surface area contributed by atoms with Crippen molar-refractivity contribution in [1.29, 1.82) is 0 Å². The van der Waals surface area contributed by atoms with Crippen LogP contribution in [0.5, 0.6) is 0 Å². The molecule has 29 heavy (non-hydrogen) atoms. The molecule has 7 heteroatoms. The number of carbonyl (C=O) groups excluding carboxylic acids is 1. The van der Waals surface area contributed by atoms with Crippen LogP contribution in [0.4, 0.5) is 5.69 Å². The Labute approximate surface area is 165 Å². The van der Waals surface area contributed by atoms with Crippen LogP contribution in [0.25, 0.3) is 17.0 Å². The highest BCUT2D eigenvalue weighted by molar-refractivity contribution is 5.88. The molecular weight excluding hydrogens is 374 g/mol. The van der Waals surface area contributed by atoms with Gasteiger partial charge in [-0.1, -0.05) is 12.1 Å². The van der Waals surface area contributed by atoms with Crippen LogP contribution in [0, 0.1) is 10.1 Å². The van der Waals surface area contributed by atoms with Crippen LogP contribution in [0.3, 0.4) is 0 Å². The minimum atomic E-state index is -0.661. The topological polar surface area (TPSA) is 99.6 Å². The molecule has 0 unspecified atom stereocenters. The summed E-state index contributed by atoms with van der Waals surface area (Å²) >= 11 is 0. The second kappa shape index (κ2) is 7.71. The second-order valence-corrected chi connectivity index (χ2v) is 6.82. The van der Waals surface area contributed by atoms with Crippen LogP contribution < -0.4 is 5.63 Å². The number of esters is 1. The van der Waals surface area contributed by atoms with Gasteiger partial charge in [-0.3, -0.25) is 10.1 Å². The van der Waals surface area contributed by atoms with Crippen LogP contribution in [0.2, 0.25) is 0 Å². The van der Waals surface area contributed by atoms with Gasteiger partial charge in [-0.15, -0.1) is 0 Å². The first-order chi connectivity index (χ1) is 14.0. The van der Waals surface area contributed by atoms with Crippen molar-refractivity contribution in [3.05, 3.63) is 91.3 Å². The smallest absolute Gasteiger partial charge is 0.336 e. The molecule has 0 aliphatic heterocycles. The van der Waals surface area contributed by atoms with E-state index in [1.807, 2.05) is 12.1 Å². The van der Waals surface area contributed by atoms with E-state index in [-0.39, 0.29) is 12.3 Å². The van der Waals surface area contributed by atoms with Crippen molar-refractivity contribution >= 4 is 28.7 Å². The van der Waals surface area contributed by atoms with Crippen molar-refractivity contribution in [1.82, 2.24) is 0 Å². The van der Waals surface area contributed by atoms with Crippen molar-refractivity contribution < 1.29 is 18.9 Å². The SMILES string of the molecule is O=C(/C=C/c1ccccc1[N+](=O)[O-])OCc1cc(=O)oc2cc3c(cc12)CCC3. The number of nitrogens with zero attached hydrogens (tertiary/aromatic N) is 1. The van der Waals surface area contributed by atoms with Crippen LogP contribution in [0.15, 0.2) is 57.8 Å². The summed E-state index contributed by atoms with van der Waals surface area (Å²) in [6, 6.07) is 11.3. The zero-order chi connectivity index (χ0) is 20.4. The fraction of sp³-hybridized carbons (Fsp3) is 0.182. The molecule has 7 nitrogen and oxygen atoms in total. The largest absolute Gasteiger partial charge is 0.458 e. The zero-order valence-electron chi connectivity index (χ0n) is 15.4. The molecule has 0 fully saturated rings. The number of carbonyl (C=O) groups is 1. The number of nitro groups is 1. The number of ether oxygens (including phenoxy) is 1. The van der Waals surface area contributed by atoms with Gasteiger partial charge in [-0.25, -0.2) is 9.59 Å². The lowest BCUT2D eigenvalue weighted by molar-refractivity contribution is -0.385. The molecular formula is C22H17NO6. The average Bonchev–Trinajstić information content (AvgIpc) is 3.16. The van der Waals surface area contributed by atoms with E-state index in [0.29, 0.717) is 16.7 Å². The van der Waals surface area contributed by atoms with E-state index in [4.69, 9.17) is 9.15 Å².